The van der Waals surface area contributed by atoms with Gasteiger partial charge in [0.15, 0.2) is 0 Å². The summed E-state index contributed by atoms with van der Waals surface area (Å²) in [5, 5.41) is 3.37. The normalized spacial score (nSPS) is 12.5. The van der Waals surface area contributed by atoms with Crippen molar-refractivity contribution in [2.75, 3.05) is 13.2 Å². The minimum absolute atomic E-state index is 0.611. The van der Waals surface area contributed by atoms with E-state index < -0.39 is 0 Å². The zero-order valence-electron chi connectivity index (χ0n) is 12.6. The van der Waals surface area contributed by atoms with Crippen molar-refractivity contribution in [2.45, 2.75) is 47.1 Å². The van der Waals surface area contributed by atoms with Gasteiger partial charge in [0.1, 0.15) is 5.75 Å². The van der Waals surface area contributed by atoms with Crippen LogP contribution in [0.5, 0.6) is 5.75 Å². The van der Waals surface area contributed by atoms with Crippen LogP contribution in [0.1, 0.15) is 44.7 Å². The number of halogens is 1. The average molecular weight is 328 g/mol. The predicted octanol–water partition coefficient (Wildman–Crippen LogP) is 4.68. The van der Waals surface area contributed by atoms with Gasteiger partial charge in [-0.1, -0.05) is 43.1 Å². The third kappa shape index (κ3) is 5.53. The maximum Gasteiger partial charge on any atom is 0.126 e. The van der Waals surface area contributed by atoms with E-state index in [4.69, 9.17) is 4.74 Å². The molecular formula is C16H26BrNO. The van der Waals surface area contributed by atoms with Gasteiger partial charge in [-0.2, -0.15) is 0 Å². The maximum absolute atomic E-state index is 6.07. The molecule has 0 saturated heterocycles. The first-order valence-electron chi connectivity index (χ1n) is 7.21. The van der Waals surface area contributed by atoms with E-state index in [0.717, 1.165) is 29.9 Å². The lowest BCUT2D eigenvalue weighted by molar-refractivity contribution is 0.247. The molecule has 1 aromatic carbocycles. The fourth-order valence-electron chi connectivity index (χ4n) is 2.20. The molecule has 0 aliphatic carbocycles. The van der Waals surface area contributed by atoms with Crippen molar-refractivity contribution in [3.63, 3.8) is 0 Å². The van der Waals surface area contributed by atoms with Crippen LogP contribution in [0.4, 0.5) is 0 Å². The van der Waals surface area contributed by atoms with Crippen LogP contribution in [0.15, 0.2) is 16.6 Å². The minimum Gasteiger partial charge on any atom is -0.493 e. The Morgan fingerprint density at radius 1 is 1.32 bits per heavy atom. The summed E-state index contributed by atoms with van der Waals surface area (Å²) in [7, 11) is 0. The topological polar surface area (TPSA) is 21.3 Å². The number of rotatable bonds is 8. The molecule has 3 heteroatoms. The third-order valence-electron chi connectivity index (χ3n) is 3.18. The first kappa shape index (κ1) is 16.5. The lowest BCUT2D eigenvalue weighted by atomic mass is 10.1. The Labute approximate surface area is 126 Å². The summed E-state index contributed by atoms with van der Waals surface area (Å²) < 4.78 is 7.19. The van der Waals surface area contributed by atoms with Crippen LogP contribution < -0.4 is 10.1 Å². The van der Waals surface area contributed by atoms with Gasteiger partial charge in [-0.25, -0.2) is 0 Å². The Morgan fingerprint density at radius 2 is 2.05 bits per heavy atom. The van der Waals surface area contributed by atoms with Gasteiger partial charge in [0, 0.05) is 16.6 Å². The first-order chi connectivity index (χ1) is 9.08. The van der Waals surface area contributed by atoms with Crippen LogP contribution >= 0.6 is 15.9 Å². The molecule has 0 bridgehead atoms. The summed E-state index contributed by atoms with van der Waals surface area (Å²) >= 11 is 3.56. The molecule has 1 rings (SSSR count). The van der Waals surface area contributed by atoms with E-state index >= 15 is 0 Å². The molecule has 0 heterocycles. The number of aryl methyl sites for hydroxylation is 1. The van der Waals surface area contributed by atoms with E-state index in [1.807, 2.05) is 0 Å². The molecule has 1 aromatic rings. The Hall–Kier alpha value is -0.540. The number of benzene rings is 1. The molecule has 0 radical (unpaired) electrons. The van der Waals surface area contributed by atoms with Gasteiger partial charge in [-0.05, 0) is 43.5 Å². The SMILES string of the molecule is CCCC(C)COc1c(C)cc(Br)cc1CNCC. The largest absolute Gasteiger partial charge is 0.493 e. The summed E-state index contributed by atoms with van der Waals surface area (Å²) in [5.41, 5.74) is 2.43. The molecule has 0 saturated carbocycles. The van der Waals surface area contributed by atoms with Gasteiger partial charge in [-0.3, -0.25) is 0 Å². The van der Waals surface area contributed by atoms with Gasteiger partial charge in [0.05, 0.1) is 6.61 Å². The summed E-state index contributed by atoms with van der Waals surface area (Å²) in [6.07, 6.45) is 2.44. The van der Waals surface area contributed by atoms with Crippen molar-refractivity contribution in [3.8, 4) is 5.75 Å². The molecule has 0 amide bonds. The zero-order valence-corrected chi connectivity index (χ0v) is 14.1. The van der Waals surface area contributed by atoms with Crippen LogP contribution in [0.25, 0.3) is 0 Å². The highest BCUT2D eigenvalue weighted by Gasteiger charge is 2.10. The third-order valence-corrected chi connectivity index (χ3v) is 3.63. The van der Waals surface area contributed by atoms with E-state index in [1.165, 1.54) is 24.0 Å². The van der Waals surface area contributed by atoms with Crippen LogP contribution in [-0.4, -0.2) is 13.2 Å². The molecule has 0 aliphatic heterocycles. The Kier molecular flexibility index (Phi) is 7.47. The van der Waals surface area contributed by atoms with Gasteiger partial charge >= 0.3 is 0 Å². The lowest BCUT2D eigenvalue weighted by Gasteiger charge is -2.18. The Morgan fingerprint density at radius 3 is 2.68 bits per heavy atom. The first-order valence-corrected chi connectivity index (χ1v) is 8.00. The molecule has 1 unspecified atom stereocenters. The summed E-state index contributed by atoms with van der Waals surface area (Å²) in [5.74, 6) is 1.66. The van der Waals surface area contributed by atoms with Crippen molar-refractivity contribution < 1.29 is 4.74 Å². The second-order valence-electron chi connectivity index (χ2n) is 5.20. The number of hydrogen-bond acceptors (Lipinski definition) is 2. The molecule has 2 nitrogen and oxygen atoms in total. The van der Waals surface area contributed by atoms with E-state index in [2.05, 4.69) is 61.1 Å². The van der Waals surface area contributed by atoms with Gasteiger partial charge in [0.25, 0.3) is 0 Å². The van der Waals surface area contributed by atoms with Crippen molar-refractivity contribution in [2.24, 2.45) is 5.92 Å². The molecule has 0 aromatic heterocycles. The smallest absolute Gasteiger partial charge is 0.126 e. The maximum atomic E-state index is 6.07. The molecule has 0 aliphatic rings. The highest BCUT2D eigenvalue weighted by atomic mass is 79.9. The second-order valence-corrected chi connectivity index (χ2v) is 6.11. The molecule has 1 N–H and O–H groups in total. The predicted molar refractivity (Wildman–Crippen MR) is 85.8 cm³/mol. The molecule has 108 valence electrons. The van der Waals surface area contributed by atoms with Crippen molar-refractivity contribution in [1.29, 1.82) is 0 Å². The highest BCUT2D eigenvalue weighted by Crippen LogP contribution is 2.28. The summed E-state index contributed by atoms with van der Waals surface area (Å²) in [6, 6.07) is 4.27. The highest BCUT2D eigenvalue weighted by molar-refractivity contribution is 9.10. The van der Waals surface area contributed by atoms with Gasteiger partial charge in [0.2, 0.25) is 0 Å². The summed E-state index contributed by atoms with van der Waals surface area (Å²) in [6.45, 7) is 11.3. The zero-order chi connectivity index (χ0) is 14.3. The quantitative estimate of drug-likeness (QED) is 0.748. The fraction of sp³-hybridized carbons (Fsp3) is 0.625. The van der Waals surface area contributed by atoms with Crippen molar-refractivity contribution in [1.82, 2.24) is 5.32 Å². The number of nitrogens with one attached hydrogen (secondary N) is 1. The van der Waals surface area contributed by atoms with Gasteiger partial charge in [-0.15, -0.1) is 0 Å². The molecule has 1 atom stereocenters. The number of hydrogen-bond donors (Lipinski definition) is 1. The van der Waals surface area contributed by atoms with Crippen LogP contribution in [0.2, 0.25) is 0 Å². The molecular weight excluding hydrogens is 302 g/mol. The van der Waals surface area contributed by atoms with Gasteiger partial charge < -0.3 is 10.1 Å². The van der Waals surface area contributed by atoms with Crippen molar-refractivity contribution >= 4 is 15.9 Å². The Bertz CT molecular complexity index is 393. The standard InChI is InChI=1S/C16H26BrNO/c1-5-7-12(3)11-19-16-13(4)8-15(17)9-14(16)10-18-6-2/h8-9,12,18H,5-7,10-11H2,1-4H3. The van der Waals surface area contributed by atoms with E-state index in [1.54, 1.807) is 0 Å². The monoisotopic (exact) mass is 327 g/mol. The molecule has 0 spiro atoms. The molecule has 19 heavy (non-hydrogen) atoms. The molecule has 0 fully saturated rings. The Balaban J connectivity index is 2.78. The fourth-order valence-corrected chi connectivity index (χ4v) is 2.82. The van der Waals surface area contributed by atoms with E-state index in [0.29, 0.717) is 5.92 Å². The van der Waals surface area contributed by atoms with Crippen LogP contribution in [0, 0.1) is 12.8 Å². The minimum atomic E-state index is 0.611. The van der Waals surface area contributed by atoms with Crippen LogP contribution in [-0.2, 0) is 6.54 Å². The van der Waals surface area contributed by atoms with E-state index in [-0.39, 0.29) is 0 Å². The van der Waals surface area contributed by atoms with Crippen LogP contribution in [0.3, 0.4) is 0 Å². The van der Waals surface area contributed by atoms with Crippen molar-refractivity contribution in [3.05, 3.63) is 27.7 Å². The summed E-state index contributed by atoms with van der Waals surface area (Å²) in [4.78, 5) is 0. The number of ether oxygens (including phenoxy) is 1. The second kappa shape index (κ2) is 8.60. The average Bonchev–Trinajstić information content (AvgIpc) is 2.35. The van der Waals surface area contributed by atoms with E-state index in [9.17, 15) is 0 Å². The lowest BCUT2D eigenvalue weighted by Crippen LogP contribution is -2.15.